The smallest absolute Gasteiger partial charge is 0.313 e. The minimum atomic E-state index is -1.39. The third-order valence-corrected chi connectivity index (χ3v) is 9.45. The summed E-state index contributed by atoms with van der Waals surface area (Å²) in [5, 5.41) is 10.7. The van der Waals surface area contributed by atoms with E-state index in [0.717, 1.165) is 12.0 Å². The number of likely N-dealkylation sites (tertiary alicyclic amines) is 1. The van der Waals surface area contributed by atoms with Crippen LogP contribution in [0.2, 0.25) is 0 Å². The number of hydrogen-bond donors (Lipinski definition) is 1. The largest absolute Gasteiger partial charge is 0.465 e. The average Bonchev–Trinajstić information content (AvgIpc) is 3.26. The number of cyclic esters (lactones) is 1. The molecule has 0 bridgehead atoms. The van der Waals surface area contributed by atoms with Crippen LogP contribution in [0.5, 0.6) is 0 Å². The number of ether oxygens (including phenoxy) is 2. The Balaban J connectivity index is 1.67. The van der Waals surface area contributed by atoms with Gasteiger partial charge in [0.25, 0.3) is 0 Å². The highest BCUT2D eigenvalue weighted by Gasteiger charge is 2.76. The van der Waals surface area contributed by atoms with E-state index in [4.69, 9.17) is 9.47 Å². The third-order valence-electron chi connectivity index (χ3n) is 9.45. The van der Waals surface area contributed by atoms with Crippen LogP contribution in [0.15, 0.2) is 54.6 Å². The number of nitrogens with zero attached hydrogens (tertiary/aromatic N) is 2. The Morgan fingerprint density at radius 3 is 2.36 bits per heavy atom. The fraction of sp³-hybridized carbons (Fsp3) is 0.618. The SMILES string of the molecule is CC[C@@]12C=CCCOC(=O)[C@@H]1[C@H]1C(=O)N([C@@H](CO)Cc3ccccc3)C3C(=O)N(C(C)(C)CC(C)(C)C)CC=C[C@@]31O2. The number of hydrogen-bond acceptors (Lipinski definition) is 6. The highest BCUT2D eigenvalue weighted by atomic mass is 16.6. The first-order valence-corrected chi connectivity index (χ1v) is 15.3. The molecule has 8 heteroatoms. The van der Waals surface area contributed by atoms with Crippen LogP contribution in [-0.4, -0.2) is 81.3 Å². The quantitative estimate of drug-likeness (QED) is 0.387. The number of carbonyl (C=O) groups is 3. The van der Waals surface area contributed by atoms with Gasteiger partial charge in [0.05, 0.1) is 25.2 Å². The second kappa shape index (κ2) is 10.9. The van der Waals surface area contributed by atoms with Crippen LogP contribution in [0.1, 0.15) is 66.4 Å². The van der Waals surface area contributed by atoms with E-state index in [1.807, 2.05) is 66.5 Å². The molecular formula is C34H46N2O6. The summed E-state index contributed by atoms with van der Waals surface area (Å²) >= 11 is 0. The van der Waals surface area contributed by atoms with E-state index < -0.39 is 46.6 Å². The number of aliphatic hydroxyl groups excluding tert-OH is 1. The van der Waals surface area contributed by atoms with E-state index in [0.29, 0.717) is 25.8 Å². The molecule has 8 nitrogen and oxygen atoms in total. The molecule has 1 aromatic carbocycles. The monoisotopic (exact) mass is 578 g/mol. The van der Waals surface area contributed by atoms with Crippen LogP contribution in [-0.2, 0) is 30.3 Å². The summed E-state index contributed by atoms with van der Waals surface area (Å²) in [6.45, 7) is 12.8. The number of aliphatic hydroxyl groups is 1. The van der Waals surface area contributed by atoms with Gasteiger partial charge in [0, 0.05) is 12.1 Å². The van der Waals surface area contributed by atoms with Crippen LogP contribution < -0.4 is 0 Å². The number of amides is 2. The molecule has 2 saturated heterocycles. The first kappa shape index (κ1) is 30.5. The molecule has 1 aromatic rings. The molecule has 0 radical (unpaired) electrons. The van der Waals surface area contributed by atoms with Crippen molar-refractivity contribution < 1.29 is 29.0 Å². The van der Waals surface area contributed by atoms with Gasteiger partial charge >= 0.3 is 5.97 Å². The fourth-order valence-electron chi connectivity index (χ4n) is 8.14. The lowest BCUT2D eigenvalue weighted by atomic mass is 9.73. The predicted octanol–water partition coefficient (Wildman–Crippen LogP) is 4.07. The molecule has 4 heterocycles. The van der Waals surface area contributed by atoms with Crippen molar-refractivity contribution in [2.75, 3.05) is 19.8 Å². The maximum absolute atomic E-state index is 14.9. The van der Waals surface area contributed by atoms with Gasteiger partial charge < -0.3 is 24.4 Å². The van der Waals surface area contributed by atoms with E-state index >= 15 is 0 Å². The standard InChI is InChI=1S/C34H46N2O6/c1-7-33-16-11-12-19-41-30(40)26(33)25-28(38)36(24(21-37)20-23-14-9-8-10-15-23)27-29(39)35(18-13-17-34(25,27)42-33)32(5,6)22-31(2,3)4/h8-11,13-17,24-27,37H,7,12,18-22H2,1-6H3/t24-,25+,26+,27?,33-,34+/m1/s1. The molecule has 4 aliphatic heterocycles. The first-order chi connectivity index (χ1) is 19.8. The van der Waals surface area contributed by atoms with Gasteiger partial charge in [-0.05, 0) is 50.5 Å². The molecule has 1 N–H and O–H groups in total. The van der Waals surface area contributed by atoms with Crippen LogP contribution in [0.4, 0.5) is 0 Å². The Hall–Kier alpha value is -2.97. The number of rotatable bonds is 7. The van der Waals surface area contributed by atoms with E-state index in [9.17, 15) is 19.5 Å². The highest BCUT2D eigenvalue weighted by Crippen LogP contribution is 2.59. The predicted molar refractivity (Wildman–Crippen MR) is 159 cm³/mol. The highest BCUT2D eigenvalue weighted by molar-refractivity contribution is 5.99. The topological polar surface area (TPSA) is 96.4 Å². The van der Waals surface area contributed by atoms with E-state index in [2.05, 4.69) is 34.6 Å². The van der Waals surface area contributed by atoms with Crippen LogP contribution in [0, 0.1) is 17.3 Å². The maximum atomic E-state index is 14.9. The normalized spacial score (nSPS) is 32.1. The Morgan fingerprint density at radius 1 is 1.00 bits per heavy atom. The summed E-state index contributed by atoms with van der Waals surface area (Å²) < 4.78 is 12.7. The second-order valence-electron chi connectivity index (χ2n) is 14.2. The van der Waals surface area contributed by atoms with Crippen LogP contribution in [0.3, 0.4) is 0 Å². The lowest BCUT2D eigenvalue weighted by Crippen LogP contribution is -2.62. The maximum Gasteiger partial charge on any atom is 0.313 e. The molecule has 2 amide bonds. The van der Waals surface area contributed by atoms with Crippen molar-refractivity contribution in [3.8, 4) is 0 Å². The zero-order valence-electron chi connectivity index (χ0n) is 25.8. The number of fused-ring (bicyclic) bond motifs is 2. The fourth-order valence-corrected chi connectivity index (χ4v) is 8.14. The molecule has 1 spiro atoms. The Labute approximate surface area is 249 Å². The van der Waals surface area contributed by atoms with Crippen molar-refractivity contribution in [1.82, 2.24) is 9.80 Å². The van der Waals surface area contributed by atoms with Gasteiger partial charge in [-0.2, -0.15) is 0 Å². The molecule has 0 saturated carbocycles. The summed E-state index contributed by atoms with van der Waals surface area (Å²) in [5.41, 5.74) is -2.12. The Bertz CT molecular complexity index is 1270. The summed E-state index contributed by atoms with van der Waals surface area (Å²) in [7, 11) is 0. The van der Waals surface area contributed by atoms with E-state index in [1.54, 1.807) is 4.90 Å². The third kappa shape index (κ3) is 5.00. The van der Waals surface area contributed by atoms with Crippen molar-refractivity contribution in [3.63, 3.8) is 0 Å². The Kier molecular flexibility index (Phi) is 7.94. The molecule has 42 heavy (non-hydrogen) atoms. The van der Waals surface area contributed by atoms with Gasteiger partial charge in [0.1, 0.15) is 23.2 Å². The zero-order chi connectivity index (χ0) is 30.5. The minimum Gasteiger partial charge on any atom is -0.465 e. The number of benzene rings is 1. The first-order valence-electron chi connectivity index (χ1n) is 15.3. The van der Waals surface area contributed by atoms with Crippen molar-refractivity contribution in [2.24, 2.45) is 17.3 Å². The number of carbonyl (C=O) groups excluding carboxylic acids is 3. The van der Waals surface area contributed by atoms with Gasteiger partial charge in [-0.25, -0.2) is 0 Å². The van der Waals surface area contributed by atoms with Gasteiger partial charge in [-0.15, -0.1) is 0 Å². The van der Waals surface area contributed by atoms with Crippen LogP contribution >= 0.6 is 0 Å². The molecule has 0 aliphatic carbocycles. The molecule has 6 atom stereocenters. The number of esters is 1. The molecule has 0 aromatic heterocycles. The van der Waals surface area contributed by atoms with Gasteiger partial charge in [-0.1, -0.05) is 82.3 Å². The lowest BCUT2D eigenvalue weighted by molar-refractivity contribution is -0.165. The summed E-state index contributed by atoms with van der Waals surface area (Å²) in [4.78, 5) is 46.8. The molecule has 228 valence electrons. The van der Waals surface area contributed by atoms with Crippen LogP contribution in [0.25, 0.3) is 0 Å². The molecule has 2 fully saturated rings. The van der Waals surface area contributed by atoms with E-state index in [-0.39, 0.29) is 30.4 Å². The molecule has 4 aliphatic rings. The van der Waals surface area contributed by atoms with Crippen molar-refractivity contribution >= 4 is 17.8 Å². The minimum absolute atomic E-state index is 0.0533. The molecule has 5 rings (SSSR count). The lowest BCUT2D eigenvalue weighted by Gasteiger charge is -2.46. The van der Waals surface area contributed by atoms with Crippen molar-refractivity contribution in [3.05, 3.63) is 60.2 Å². The summed E-state index contributed by atoms with van der Waals surface area (Å²) in [6, 6.07) is 7.90. The van der Waals surface area contributed by atoms with Crippen molar-refractivity contribution in [2.45, 2.75) is 96.1 Å². The summed E-state index contributed by atoms with van der Waals surface area (Å²) in [6.07, 6.45) is 9.75. The average molecular weight is 579 g/mol. The molecular weight excluding hydrogens is 532 g/mol. The van der Waals surface area contributed by atoms with E-state index in [1.165, 1.54) is 0 Å². The summed E-state index contributed by atoms with van der Waals surface area (Å²) in [5.74, 6) is -2.94. The van der Waals surface area contributed by atoms with Crippen molar-refractivity contribution in [1.29, 1.82) is 0 Å². The van der Waals surface area contributed by atoms with Gasteiger partial charge in [-0.3, -0.25) is 14.4 Å². The van der Waals surface area contributed by atoms with Gasteiger partial charge in [0.2, 0.25) is 11.8 Å². The molecule has 1 unspecified atom stereocenters. The Morgan fingerprint density at radius 2 is 1.71 bits per heavy atom. The second-order valence-corrected chi connectivity index (χ2v) is 14.2. The van der Waals surface area contributed by atoms with Gasteiger partial charge in [0.15, 0.2) is 0 Å². The zero-order valence-corrected chi connectivity index (χ0v) is 25.8.